The van der Waals surface area contributed by atoms with Crippen LogP contribution in [-0.2, 0) is 0 Å². The Balaban J connectivity index is 1.01. The third kappa shape index (κ3) is 6.49. The first kappa shape index (κ1) is 34.5. The summed E-state index contributed by atoms with van der Waals surface area (Å²) in [5, 5.41) is 10.0. The molecule has 0 aromatic heterocycles. The van der Waals surface area contributed by atoms with Crippen LogP contribution in [-0.4, -0.2) is 0 Å². The number of anilines is 3. The number of benzene rings is 11. The standard InChI is InChI=1S/C58H39N/c1-3-14-44-36-49(27-25-40(44)11-1)47-17-7-16-46(35-47)42-29-32-52(33-30-42)59(53-20-8-18-48(38-53)50-28-26-41-12-2-4-15-45(41)37-50)54-21-9-19-51(39-54)56-23-10-24-57-55-22-6-5-13-43(55)31-34-58(56)57/h1-39H. The Morgan fingerprint density at radius 1 is 0.203 bits per heavy atom. The van der Waals surface area contributed by atoms with E-state index in [1.54, 1.807) is 0 Å². The Labute approximate surface area is 344 Å². The molecule has 0 amide bonds. The van der Waals surface area contributed by atoms with Gasteiger partial charge >= 0.3 is 0 Å². The summed E-state index contributed by atoms with van der Waals surface area (Å²) in [6.07, 6.45) is 0. The van der Waals surface area contributed by atoms with Gasteiger partial charge in [0.05, 0.1) is 0 Å². The van der Waals surface area contributed by atoms with Gasteiger partial charge in [-0.05, 0) is 142 Å². The molecule has 0 aliphatic heterocycles. The zero-order chi connectivity index (χ0) is 39.1. The maximum Gasteiger partial charge on any atom is 0.0467 e. The molecule has 0 spiro atoms. The van der Waals surface area contributed by atoms with Gasteiger partial charge in [-0.3, -0.25) is 0 Å². The summed E-state index contributed by atoms with van der Waals surface area (Å²) in [5.74, 6) is 0. The van der Waals surface area contributed by atoms with Crippen LogP contribution >= 0.6 is 0 Å². The highest BCUT2D eigenvalue weighted by molar-refractivity contribution is 6.12. The molecule has 0 heterocycles. The molecule has 0 radical (unpaired) electrons. The molecular formula is C58H39N. The van der Waals surface area contributed by atoms with Crippen LogP contribution in [0.25, 0.3) is 87.6 Å². The molecule has 1 heteroatoms. The highest BCUT2D eigenvalue weighted by atomic mass is 15.1. The Morgan fingerprint density at radius 3 is 1.34 bits per heavy atom. The van der Waals surface area contributed by atoms with Crippen molar-refractivity contribution in [3.05, 3.63) is 237 Å². The number of nitrogens with zero attached hydrogens (tertiary/aromatic N) is 1. The van der Waals surface area contributed by atoms with E-state index in [2.05, 4.69) is 241 Å². The average Bonchev–Trinajstić information content (AvgIpc) is 3.31. The maximum absolute atomic E-state index is 2.39. The first-order chi connectivity index (χ1) is 29.2. The van der Waals surface area contributed by atoms with E-state index in [9.17, 15) is 0 Å². The zero-order valence-electron chi connectivity index (χ0n) is 32.5. The van der Waals surface area contributed by atoms with Crippen molar-refractivity contribution in [2.75, 3.05) is 4.90 Å². The minimum Gasteiger partial charge on any atom is -0.310 e. The van der Waals surface area contributed by atoms with Gasteiger partial charge in [0.2, 0.25) is 0 Å². The Hall–Kier alpha value is -7.74. The van der Waals surface area contributed by atoms with Gasteiger partial charge in [0.1, 0.15) is 0 Å². The van der Waals surface area contributed by atoms with Gasteiger partial charge in [0.25, 0.3) is 0 Å². The normalized spacial score (nSPS) is 11.4. The van der Waals surface area contributed by atoms with Crippen LogP contribution in [0.15, 0.2) is 237 Å². The molecule has 1 nitrogen and oxygen atoms in total. The zero-order valence-corrected chi connectivity index (χ0v) is 32.5. The third-order valence-electron chi connectivity index (χ3n) is 11.8. The van der Waals surface area contributed by atoms with Crippen molar-refractivity contribution in [2.45, 2.75) is 0 Å². The molecule has 11 aromatic rings. The maximum atomic E-state index is 2.39. The average molecular weight is 750 g/mol. The van der Waals surface area contributed by atoms with Crippen molar-refractivity contribution >= 4 is 60.2 Å². The molecule has 0 atom stereocenters. The molecule has 59 heavy (non-hydrogen) atoms. The summed E-state index contributed by atoms with van der Waals surface area (Å²) in [4.78, 5) is 2.39. The van der Waals surface area contributed by atoms with Crippen molar-refractivity contribution in [3.63, 3.8) is 0 Å². The highest BCUT2D eigenvalue weighted by Crippen LogP contribution is 2.41. The molecule has 11 aromatic carbocycles. The van der Waals surface area contributed by atoms with Gasteiger partial charge in [0, 0.05) is 17.1 Å². The van der Waals surface area contributed by atoms with E-state index < -0.39 is 0 Å². The van der Waals surface area contributed by atoms with E-state index in [1.165, 1.54) is 87.6 Å². The molecule has 0 bridgehead atoms. The number of fused-ring (bicyclic) bond motifs is 5. The summed E-state index contributed by atoms with van der Waals surface area (Å²) < 4.78 is 0. The molecule has 11 rings (SSSR count). The monoisotopic (exact) mass is 749 g/mol. The smallest absolute Gasteiger partial charge is 0.0467 e. The molecule has 0 fully saturated rings. The predicted molar refractivity (Wildman–Crippen MR) is 253 cm³/mol. The minimum atomic E-state index is 1.09. The minimum absolute atomic E-state index is 1.09. The molecule has 276 valence electrons. The van der Waals surface area contributed by atoms with Gasteiger partial charge in [0.15, 0.2) is 0 Å². The van der Waals surface area contributed by atoms with E-state index >= 15 is 0 Å². The fourth-order valence-electron chi connectivity index (χ4n) is 8.80. The van der Waals surface area contributed by atoms with E-state index in [-0.39, 0.29) is 0 Å². The topological polar surface area (TPSA) is 3.24 Å². The van der Waals surface area contributed by atoms with Crippen LogP contribution in [0, 0.1) is 0 Å². The molecule has 0 N–H and O–H groups in total. The van der Waals surface area contributed by atoms with E-state index in [0.29, 0.717) is 0 Å². The number of hydrogen-bond donors (Lipinski definition) is 0. The summed E-state index contributed by atoms with van der Waals surface area (Å²) in [6.45, 7) is 0. The van der Waals surface area contributed by atoms with E-state index in [0.717, 1.165) is 17.1 Å². The largest absolute Gasteiger partial charge is 0.310 e. The highest BCUT2D eigenvalue weighted by Gasteiger charge is 2.16. The van der Waals surface area contributed by atoms with Gasteiger partial charge in [-0.15, -0.1) is 0 Å². The summed E-state index contributed by atoms with van der Waals surface area (Å²) in [6, 6.07) is 86.3. The summed E-state index contributed by atoms with van der Waals surface area (Å²) in [7, 11) is 0. The predicted octanol–water partition coefficient (Wildman–Crippen LogP) is 16.4. The van der Waals surface area contributed by atoms with Crippen LogP contribution in [0.1, 0.15) is 0 Å². The third-order valence-corrected chi connectivity index (χ3v) is 11.8. The number of hydrogen-bond acceptors (Lipinski definition) is 1. The lowest BCUT2D eigenvalue weighted by molar-refractivity contribution is 1.28. The lowest BCUT2D eigenvalue weighted by Crippen LogP contribution is -2.10. The second-order valence-electron chi connectivity index (χ2n) is 15.4. The Morgan fingerprint density at radius 2 is 0.661 bits per heavy atom. The molecule has 0 unspecified atom stereocenters. The fraction of sp³-hybridized carbons (Fsp3) is 0. The molecule has 0 aliphatic carbocycles. The van der Waals surface area contributed by atoms with Crippen LogP contribution in [0.3, 0.4) is 0 Å². The van der Waals surface area contributed by atoms with Crippen molar-refractivity contribution in [2.24, 2.45) is 0 Å². The van der Waals surface area contributed by atoms with Crippen LogP contribution < -0.4 is 4.90 Å². The Bertz CT molecular complexity index is 3340. The second kappa shape index (κ2) is 14.6. The molecule has 0 saturated carbocycles. The van der Waals surface area contributed by atoms with Crippen LogP contribution in [0.5, 0.6) is 0 Å². The van der Waals surface area contributed by atoms with Crippen molar-refractivity contribution < 1.29 is 0 Å². The quantitative estimate of drug-likeness (QED) is 0.147. The van der Waals surface area contributed by atoms with Gasteiger partial charge in [-0.2, -0.15) is 0 Å². The first-order valence-electron chi connectivity index (χ1n) is 20.3. The molecule has 0 saturated heterocycles. The van der Waals surface area contributed by atoms with Gasteiger partial charge in [-0.1, -0.05) is 182 Å². The van der Waals surface area contributed by atoms with Gasteiger partial charge < -0.3 is 4.90 Å². The van der Waals surface area contributed by atoms with E-state index in [1.807, 2.05) is 0 Å². The lowest BCUT2D eigenvalue weighted by Gasteiger charge is -2.27. The fourth-order valence-corrected chi connectivity index (χ4v) is 8.80. The molecule has 0 aliphatic rings. The van der Waals surface area contributed by atoms with Gasteiger partial charge in [-0.25, -0.2) is 0 Å². The van der Waals surface area contributed by atoms with Crippen molar-refractivity contribution in [1.29, 1.82) is 0 Å². The summed E-state index contributed by atoms with van der Waals surface area (Å²) >= 11 is 0. The second-order valence-corrected chi connectivity index (χ2v) is 15.4. The summed E-state index contributed by atoms with van der Waals surface area (Å²) in [5.41, 5.74) is 12.9. The van der Waals surface area contributed by atoms with Crippen molar-refractivity contribution in [1.82, 2.24) is 0 Å². The first-order valence-corrected chi connectivity index (χ1v) is 20.3. The van der Waals surface area contributed by atoms with Crippen LogP contribution in [0.4, 0.5) is 17.1 Å². The van der Waals surface area contributed by atoms with E-state index in [4.69, 9.17) is 0 Å². The van der Waals surface area contributed by atoms with Crippen molar-refractivity contribution in [3.8, 4) is 44.5 Å². The lowest BCUT2D eigenvalue weighted by atomic mass is 9.94. The SMILES string of the molecule is c1cc(-c2ccc(N(c3cccc(-c4ccc5ccccc5c4)c3)c3cccc(-c4cccc5c4ccc4ccccc45)c3)cc2)cc(-c2ccc3ccccc3c2)c1. The Kier molecular flexibility index (Phi) is 8.56. The molecular weight excluding hydrogens is 711 g/mol. The number of rotatable bonds is 7. The van der Waals surface area contributed by atoms with Crippen LogP contribution in [0.2, 0.25) is 0 Å².